The number of allylic oxidation sites excluding steroid dienone is 1. The van der Waals surface area contributed by atoms with Gasteiger partial charge in [0, 0.05) is 19.2 Å². The van der Waals surface area contributed by atoms with Crippen molar-refractivity contribution in [1.82, 2.24) is 4.90 Å². The molecule has 108 valence electrons. The Hall–Kier alpha value is -0.940. The van der Waals surface area contributed by atoms with Crippen LogP contribution in [0.15, 0.2) is 12.2 Å². The van der Waals surface area contributed by atoms with E-state index in [2.05, 4.69) is 0 Å². The molecular weight excluding hydrogens is 249 g/mol. The first-order valence-corrected chi connectivity index (χ1v) is 6.76. The molecule has 1 amide bonds. The van der Waals surface area contributed by atoms with Crippen LogP contribution < -0.4 is 0 Å². The molecule has 1 spiro atoms. The molecule has 2 rings (SSSR count). The lowest BCUT2D eigenvalue weighted by Gasteiger charge is -2.51. The van der Waals surface area contributed by atoms with Crippen LogP contribution in [0.2, 0.25) is 0 Å². The summed E-state index contributed by atoms with van der Waals surface area (Å²) < 4.78 is 23.8. The molecule has 1 unspecified atom stereocenters. The van der Waals surface area contributed by atoms with Crippen molar-refractivity contribution in [2.75, 3.05) is 33.0 Å². The van der Waals surface area contributed by atoms with E-state index in [1.165, 1.54) is 12.2 Å². The first-order valence-electron chi connectivity index (χ1n) is 6.76. The lowest BCUT2D eigenvalue weighted by molar-refractivity contribution is -0.231. The van der Waals surface area contributed by atoms with Gasteiger partial charge in [-0.25, -0.2) is 4.39 Å². The van der Waals surface area contributed by atoms with E-state index in [-0.39, 0.29) is 5.91 Å². The highest BCUT2D eigenvalue weighted by atomic mass is 19.1. The van der Waals surface area contributed by atoms with E-state index in [9.17, 15) is 9.18 Å². The number of morpholine rings is 1. The number of nitrogens with zero attached hydrogens (tertiary/aromatic N) is 1. The maximum Gasteiger partial charge on any atom is 0.246 e. The zero-order valence-electron chi connectivity index (χ0n) is 11.7. The third-order valence-electron chi connectivity index (χ3n) is 3.49. The molecule has 19 heavy (non-hydrogen) atoms. The molecule has 0 aromatic heterocycles. The lowest BCUT2D eigenvalue weighted by atomic mass is 9.90. The fraction of sp³-hybridized carbons (Fsp3) is 0.786. The Labute approximate surface area is 113 Å². The largest absolute Gasteiger partial charge is 0.378 e. The number of amides is 1. The van der Waals surface area contributed by atoms with Crippen molar-refractivity contribution in [2.45, 2.75) is 37.9 Å². The minimum atomic E-state index is -0.617. The van der Waals surface area contributed by atoms with Crippen molar-refractivity contribution < 1.29 is 18.7 Å². The van der Waals surface area contributed by atoms with Gasteiger partial charge in [-0.3, -0.25) is 4.79 Å². The molecule has 0 aromatic carbocycles. The molecule has 2 aliphatic heterocycles. The van der Waals surface area contributed by atoms with Gasteiger partial charge in [0.05, 0.1) is 18.8 Å². The second-order valence-electron chi connectivity index (χ2n) is 5.95. The Kier molecular flexibility index (Phi) is 4.26. The van der Waals surface area contributed by atoms with Crippen molar-refractivity contribution in [3.05, 3.63) is 12.2 Å². The number of carbonyl (C=O) groups is 1. The van der Waals surface area contributed by atoms with Crippen molar-refractivity contribution in [3.63, 3.8) is 0 Å². The Balaban J connectivity index is 2.12. The Morgan fingerprint density at radius 3 is 2.84 bits per heavy atom. The summed E-state index contributed by atoms with van der Waals surface area (Å²) in [7, 11) is 0. The molecule has 5 heteroatoms. The Bertz CT molecular complexity index is 362. The zero-order valence-corrected chi connectivity index (χ0v) is 11.7. The van der Waals surface area contributed by atoms with Crippen molar-refractivity contribution in [2.24, 2.45) is 0 Å². The predicted molar refractivity (Wildman–Crippen MR) is 69.6 cm³/mol. The van der Waals surface area contributed by atoms with Gasteiger partial charge in [-0.2, -0.15) is 0 Å². The molecule has 1 atom stereocenters. The van der Waals surface area contributed by atoms with E-state index in [4.69, 9.17) is 9.47 Å². The fourth-order valence-electron chi connectivity index (χ4n) is 2.95. The van der Waals surface area contributed by atoms with Gasteiger partial charge >= 0.3 is 0 Å². The van der Waals surface area contributed by atoms with E-state index in [1.807, 2.05) is 13.8 Å². The molecular formula is C14H22FNO3. The van der Waals surface area contributed by atoms with Crippen LogP contribution in [-0.4, -0.2) is 55.0 Å². The van der Waals surface area contributed by atoms with Gasteiger partial charge in [-0.05, 0) is 32.8 Å². The summed E-state index contributed by atoms with van der Waals surface area (Å²) in [6, 6.07) is 0. The van der Waals surface area contributed by atoms with Gasteiger partial charge in [0.1, 0.15) is 12.3 Å². The second kappa shape index (κ2) is 5.59. The third-order valence-corrected chi connectivity index (χ3v) is 3.49. The standard InChI is InChI=1S/C14H22FNO3/c1-13(2)9-16(12(17)5-3-7-15)10-14(19-13)6-4-8-18-11-14/h3,5H,4,6-11H2,1-2H3/b5-3+. The van der Waals surface area contributed by atoms with Gasteiger partial charge in [0.2, 0.25) is 5.91 Å². The lowest BCUT2D eigenvalue weighted by Crippen LogP contribution is -2.63. The number of hydrogen-bond donors (Lipinski definition) is 0. The van der Waals surface area contributed by atoms with Crippen LogP contribution in [-0.2, 0) is 14.3 Å². The van der Waals surface area contributed by atoms with Gasteiger partial charge in [0.15, 0.2) is 0 Å². The van der Waals surface area contributed by atoms with E-state index in [0.29, 0.717) is 19.7 Å². The van der Waals surface area contributed by atoms with Crippen LogP contribution >= 0.6 is 0 Å². The summed E-state index contributed by atoms with van der Waals surface area (Å²) in [6.45, 7) is 5.64. The quantitative estimate of drug-likeness (QED) is 0.718. The number of ether oxygens (including phenoxy) is 2. The molecule has 0 bridgehead atoms. The van der Waals surface area contributed by atoms with Crippen LogP contribution in [0.3, 0.4) is 0 Å². The summed E-state index contributed by atoms with van der Waals surface area (Å²) in [4.78, 5) is 13.8. The number of hydrogen-bond acceptors (Lipinski definition) is 3. The molecule has 0 saturated carbocycles. The maximum absolute atomic E-state index is 12.1. The molecule has 0 aliphatic carbocycles. The number of halogens is 1. The Morgan fingerprint density at radius 2 is 2.21 bits per heavy atom. The summed E-state index contributed by atoms with van der Waals surface area (Å²) in [5.74, 6) is -0.154. The smallest absolute Gasteiger partial charge is 0.246 e. The highest BCUT2D eigenvalue weighted by Crippen LogP contribution is 2.34. The number of alkyl halides is 1. The predicted octanol–water partition coefficient (Wildman–Crippen LogP) is 1.70. The summed E-state index contributed by atoms with van der Waals surface area (Å²) in [6.07, 6.45) is 4.39. The van der Waals surface area contributed by atoms with E-state index in [0.717, 1.165) is 19.4 Å². The second-order valence-corrected chi connectivity index (χ2v) is 5.95. The van der Waals surface area contributed by atoms with Crippen LogP contribution in [0.4, 0.5) is 4.39 Å². The first-order chi connectivity index (χ1) is 8.96. The van der Waals surface area contributed by atoms with Gasteiger partial charge in [-0.15, -0.1) is 0 Å². The highest BCUT2D eigenvalue weighted by molar-refractivity contribution is 5.87. The van der Waals surface area contributed by atoms with Crippen LogP contribution in [0.1, 0.15) is 26.7 Å². The molecule has 0 radical (unpaired) electrons. The topological polar surface area (TPSA) is 38.8 Å². The summed E-state index contributed by atoms with van der Waals surface area (Å²) >= 11 is 0. The van der Waals surface area contributed by atoms with Crippen molar-refractivity contribution in [1.29, 1.82) is 0 Å². The van der Waals surface area contributed by atoms with Crippen LogP contribution in [0, 0.1) is 0 Å². The molecule has 0 aromatic rings. The summed E-state index contributed by atoms with van der Waals surface area (Å²) in [5.41, 5.74) is -0.808. The molecule has 2 fully saturated rings. The Morgan fingerprint density at radius 1 is 1.42 bits per heavy atom. The average Bonchev–Trinajstić information content (AvgIpc) is 2.34. The molecule has 2 heterocycles. The minimum Gasteiger partial charge on any atom is -0.378 e. The van der Waals surface area contributed by atoms with E-state index < -0.39 is 17.9 Å². The monoisotopic (exact) mass is 271 g/mol. The minimum absolute atomic E-state index is 0.154. The highest BCUT2D eigenvalue weighted by Gasteiger charge is 2.46. The summed E-state index contributed by atoms with van der Waals surface area (Å²) in [5, 5.41) is 0. The zero-order chi connectivity index (χ0) is 13.9. The van der Waals surface area contributed by atoms with Crippen molar-refractivity contribution >= 4 is 5.91 Å². The number of carbonyl (C=O) groups excluding carboxylic acids is 1. The molecule has 0 N–H and O–H groups in total. The van der Waals surface area contributed by atoms with Crippen LogP contribution in [0.5, 0.6) is 0 Å². The van der Waals surface area contributed by atoms with E-state index >= 15 is 0 Å². The molecule has 2 aliphatic rings. The fourth-order valence-corrected chi connectivity index (χ4v) is 2.95. The molecule has 4 nitrogen and oxygen atoms in total. The normalized spacial score (nSPS) is 31.0. The average molecular weight is 271 g/mol. The first kappa shape index (κ1) is 14.5. The SMILES string of the molecule is CC1(C)CN(C(=O)/C=C/CF)CC2(CCCOC2)O1. The van der Waals surface area contributed by atoms with Gasteiger partial charge < -0.3 is 14.4 Å². The maximum atomic E-state index is 12.1. The van der Waals surface area contributed by atoms with Crippen molar-refractivity contribution in [3.8, 4) is 0 Å². The number of rotatable bonds is 2. The van der Waals surface area contributed by atoms with Gasteiger partial charge in [-0.1, -0.05) is 0 Å². The van der Waals surface area contributed by atoms with E-state index in [1.54, 1.807) is 4.90 Å². The molecule has 2 saturated heterocycles. The van der Waals surface area contributed by atoms with Gasteiger partial charge in [0.25, 0.3) is 0 Å². The third kappa shape index (κ3) is 3.54. The van der Waals surface area contributed by atoms with Crippen LogP contribution in [0.25, 0.3) is 0 Å².